The molecule has 1 atom stereocenters. The van der Waals surface area contributed by atoms with Crippen LogP contribution in [0.1, 0.15) is 12.0 Å². The van der Waals surface area contributed by atoms with Crippen molar-refractivity contribution in [1.29, 1.82) is 0 Å². The first-order valence-corrected chi connectivity index (χ1v) is 6.84. The Balaban J connectivity index is 2.35. The van der Waals surface area contributed by atoms with Gasteiger partial charge in [0.05, 0.1) is 5.41 Å². The summed E-state index contributed by atoms with van der Waals surface area (Å²) in [6.07, 6.45) is -0.0436. The van der Waals surface area contributed by atoms with Crippen molar-refractivity contribution in [3.05, 3.63) is 33.8 Å². The van der Waals surface area contributed by atoms with Crippen LogP contribution in [0.5, 0.6) is 0 Å². The Morgan fingerprint density at radius 3 is 2.43 bits per heavy atom. The number of carbonyl (C=O) groups excluding carboxylic acids is 3. The van der Waals surface area contributed by atoms with E-state index in [0.717, 1.165) is 4.90 Å². The molecule has 0 aromatic heterocycles. The summed E-state index contributed by atoms with van der Waals surface area (Å²) in [6, 6.07) is 3.92. The lowest BCUT2D eigenvalue weighted by Gasteiger charge is -2.25. The lowest BCUT2D eigenvalue weighted by Crippen LogP contribution is -2.44. The molecule has 1 unspecified atom stereocenters. The van der Waals surface area contributed by atoms with Crippen LogP contribution >= 0.6 is 23.2 Å². The SMILES string of the molecule is NC(=O)N1CC(Cc2ccc(Cl)cc2Cl)(C(N)=O)CC1=O. The number of hydrogen-bond acceptors (Lipinski definition) is 3. The van der Waals surface area contributed by atoms with Crippen LogP contribution in [-0.2, 0) is 16.0 Å². The summed E-state index contributed by atoms with van der Waals surface area (Å²) in [5.74, 6) is -1.20. The summed E-state index contributed by atoms with van der Waals surface area (Å²) < 4.78 is 0. The number of carbonyl (C=O) groups is 3. The topological polar surface area (TPSA) is 106 Å². The number of amides is 4. The first-order chi connectivity index (χ1) is 9.75. The molecule has 4 amide bonds. The van der Waals surface area contributed by atoms with Crippen LogP contribution in [0.15, 0.2) is 18.2 Å². The van der Waals surface area contributed by atoms with Gasteiger partial charge < -0.3 is 11.5 Å². The van der Waals surface area contributed by atoms with Crippen LogP contribution in [0.2, 0.25) is 10.0 Å². The number of nitrogens with two attached hydrogens (primary N) is 2. The highest BCUT2D eigenvalue weighted by Gasteiger charge is 2.49. The first kappa shape index (κ1) is 15.6. The van der Waals surface area contributed by atoms with Gasteiger partial charge in [0, 0.05) is 23.0 Å². The lowest BCUT2D eigenvalue weighted by molar-refractivity contribution is -0.129. The average molecular weight is 330 g/mol. The normalized spacial score (nSPS) is 21.6. The Labute approximate surface area is 131 Å². The Morgan fingerprint density at radius 2 is 1.95 bits per heavy atom. The minimum Gasteiger partial charge on any atom is -0.369 e. The fourth-order valence-corrected chi connectivity index (χ4v) is 2.91. The Bertz CT molecular complexity index is 635. The number of rotatable bonds is 3. The van der Waals surface area contributed by atoms with Crippen LogP contribution in [0.25, 0.3) is 0 Å². The molecule has 1 aromatic carbocycles. The summed E-state index contributed by atoms with van der Waals surface area (Å²) in [5, 5.41) is 0.825. The van der Waals surface area contributed by atoms with Crippen LogP contribution in [-0.4, -0.2) is 29.3 Å². The molecule has 1 heterocycles. The third kappa shape index (κ3) is 2.96. The standard InChI is InChI=1S/C13H13Cl2N3O3/c14-8-2-1-7(9(15)3-8)4-13(11(16)20)5-10(19)18(6-13)12(17)21/h1-3H,4-6H2,(H2,16,20)(H2,17,21). The number of halogens is 2. The quantitative estimate of drug-likeness (QED) is 0.873. The van der Waals surface area contributed by atoms with Gasteiger partial charge in [-0.3, -0.25) is 14.5 Å². The second kappa shape index (κ2) is 5.54. The van der Waals surface area contributed by atoms with E-state index in [9.17, 15) is 14.4 Å². The van der Waals surface area contributed by atoms with E-state index in [1.165, 1.54) is 6.07 Å². The average Bonchev–Trinajstić information content (AvgIpc) is 2.71. The van der Waals surface area contributed by atoms with Crippen molar-refractivity contribution >= 4 is 41.0 Å². The number of imide groups is 1. The van der Waals surface area contributed by atoms with Crippen molar-refractivity contribution in [2.45, 2.75) is 12.8 Å². The molecule has 0 bridgehead atoms. The molecule has 21 heavy (non-hydrogen) atoms. The van der Waals surface area contributed by atoms with E-state index in [1.807, 2.05) is 0 Å². The molecule has 0 spiro atoms. The Morgan fingerprint density at radius 1 is 1.29 bits per heavy atom. The van der Waals surface area contributed by atoms with E-state index < -0.39 is 23.3 Å². The summed E-state index contributed by atoms with van der Waals surface area (Å²) >= 11 is 11.9. The van der Waals surface area contributed by atoms with Gasteiger partial charge in [-0.05, 0) is 24.1 Å². The number of likely N-dealkylation sites (tertiary alicyclic amines) is 1. The minimum absolute atomic E-state index is 0.133. The smallest absolute Gasteiger partial charge is 0.321 e. The maximum Gasteiger partial charge on any atom is 0.321 e. The first-order valence-electron chi connectivity index (χ1n) is 6.09. The zero-order chi connectivity index (χ0) is 15.8. The molecule has 0 radical (unpaired) electrons. The van der Waals surface area contributed by atoms with Gasteiger partial charge in [0.15, 0.2) is 0 Å². The van der Waals surface area contributed by atoms with Crippen LogP contribution < -0.4 is 11.5 Å². The lowest BCUT2D eigenvalue weighted by atomic mass is 9.80. The maximum atomic E-state index is 11.8. The number of urea groups is 1. The van der Waals surface area contributed by atoms with Gasteiger partial charge in [0.1, 0.15) is 0 Å². The summed E-state index contributed by atoms with van der Waals surface area (Å²) in [7, 11) is 0. The van der Waals surface area contributed by atoms with Gasteiger partial charge in [-0.15, -0.1) is 0 Å². The third-order valence-electron chi connectivity index (χ3n) is 3.58. The van der Waals surface area contributed by atoms with Gasteiger partial charge in [-0.1, -0.05) is 29.3 Å². The summed E-state index contributed by atoms with van der Waals surface area (Å²) in [4.78, 5) is 35.7. The second-order valence-electron chi connectivity index (χ2n) is 5.05. The molecule has 1 saturated heterocycles. The fraction of sp³-hybridized carbons (Fsp3) is 0.308. The highest BCUT2D eigenvalue weighted by atomic mass is 35.5. The Kier molecular flexibility index (Phi) is 4.11. The second-order valence-corrected chi connectivity index (χ2v) is 5.90. The molecule has 4 N–H and O–H groups in total. The van der Waals surface area contributed by atoms with Crippen molar-refractivity contribution in [3.8, 4) is 0 Å². The maximum absolute atomic E-state index is 11.8. The summed E-state index contributed by atoms with van der Waals surface area (Å²) in [5.41, 5.74) is 9.99. The van der Waals surface area contributed by atoms with Crippen molar-refractivity contribution in [1.82, 2.24) is 4.90 Å². The Hall–Kier alpha value is -1.79. The molecule has 0 saturated carbocycles. The molecule has 0 aliphatic carbocycles. The van der Waals surface area contributed by atoms with E-state index in [-0.39, 0.29) is 19.4 Å². The molecule has 8 heteroatoms. The minimum atomic E-state index is -1.20. The fourth-order valence-electron chi connectivity index (χ4n) is 2.43. The van der Waals surface area contributed by atoms with Gasteiger partial charge >= 0.3 is 6.03 Å². The van der Waals surface area contributed by atoms with Gasteiger partial charge in [0.2, 0.25) is 11.8 Å². The molecule has 112 valence electrons. The molecular formula is C13H13Cl2N3O3. The van der Waals surface area contributed by atoms with Crippen molar-refractivity contribution in [2.75, 3.05) is 6.54 Å². The number of benzene rings is 1. The van der Waals surface area contributed by atoms with Crippen molar-refractivity contribution in [2.24, 2.45) is 16.9 Å². The third-order valence-corrected chi connectivity index (χ3v) is 4.17. The largest absolute Gasteiger partial charge is 0.369 e. The van der Waals surface area contributed by atoms with Gasteiger partial charge in [-0.2, -0.15) is 0 Å². The predicted octanol–water partition coefficient (Wildman–Crippen LogP) is 1.32. The predicted molar refractivity (Wildman–Crippen MR) is 77.7 cm³/mol. The zero-order valence-electron chi connectivity index (χ0n) is 10.9. The van der Waals surface area contributed by atoms with E-state index in [4.69, 9.17) is 34.7 Å². The molecule has 6 nitrogen and oxygen atoms in total. The van der Waals surface area contributed by atoms with Crippen molar-refractivity contribution < 1.29 is 14.4 Å². The van der Waals surface area contributed by atoms with Gasteiger partial charge in [0.25, 0.3) is 0 Å². The molecule has 1 aliphatic heterocycles. The van der Waals surface area contributed by atoms with Gasteiger partial charge in [-0.25, -0.2) is 4.79 Å². The van der Waals surface area contributed by atoms with Crippen molar-refractivity contribution in [3.63, 3.8) is 0 Å². The molecule has 2 rings (SSSR count). The molecular weight excluding hydrogens is 317 g/mol. The van der Waals surface area contributed by atoms with Crippen LogP contribution in [0.4, 0.5) is 4.79 Å². The monoisotopic (exact) mass is 329 g/mol. The number of nitrogens with zero attached hydrogens (tertiary/aromatic N) is 1. The van der Waals surface area contributed by atoms with E-state index in [2.05, 4.69) is 0 Å². The zero-order valence-corrected chi connectivity index (χ0v) is 12.4. The van der Waals surface area contributed by atoms with Crippen LogP contribution in [0, 0.1) is 5.41 Å². The molecule has 1 aliphatic rings. The summed E-state index contributed by atoms with van der Waals surface area (Å²) in [6.45, 7) is -0.143. The highest BCUT2D eigenvalue weighted by Crippen LogP contribution is 2.37. The number of hydrogen-bond donors (Lipinski definition) is 2. The number of primary amides is 2. The van der Waals surface area contributed by atoms with E-state index in [1.54, 1.807) is 12.1 Å². The van der Waals surface area contributed by atoms with E-state index in [0.29, 0.717) is 15.6 Å². The molecule has 1 fully saturated rings. The highest BCUT2D eigenvalue weighted by molar-refractivity contribution is 6.35. The van der Waals surface area contributed by atoms with E-state index >= 15 is 0 Å². The van der Waals surface area contributed by atoms with Crippen LogP contribution in [0.3, 0.4) is 0 Å². The molecule has 1 aromatic rings.